The predicted octanol–water partition coefficient (Wildman–Crippen LogP) is 4.98. The van der Waals surface area contributed by atoms with Crippen LogP contribution < -0.4 is 9.64 Å². The van der Waals surface area contributed by atoms with Gasteiger partial charge in [-0.3, -0.25) is 19.5 Å². The number of halogens is 1. The molecule has 1 unspecified atom stereocenters. The molecule has 3 heterocycles. The number of anilines is 1. The molecule has 0 saturated carbocycles. The van der Waals surface area contributed by atoms with Crippen molar-refractivity contribution in [3.63, 3.8) is 0 Å². The number of aromatic hydroxyl groups is 1. The first kappa shape index (κ1) is 21.5. The molecular formula is C25H17ClN2O6. The van der Waals surface area contributed by atoms with Crippen LogP contribution in [0.25, 0.3) is 11.0 Å². The number of ketones is 1. The third-order valence-electron chi connectivity index (χ3n) is 5.61. The summed E-state index contributed by atoms with van der Waals surface area (Å²) < 4.78 is 11.1. The number of hydrogen-bond acceptors (Lipinski definition) is 7. The first-order valence-electron chi connectivity index (χ1n) is 10.2. The maximum atomic E-state index is 13.7. The first-order chi connectivity index (χ1) is 16.4. The van der Waals surface area contributed by atoms with Gasteiger partial charge in [0.15, 0.2) is 22.9 Å². The van der Waals surface area contributed by atoms with Crippen molar-refractivity contribution in [2.75, 3.05) is 12.0 Å². The van der Waals surface area contributed by atoms with Gasteiger partial charge < -0.3 is 19.4 Å². The van der Waals surface area contributed by atoms with Gasteiger partial charge in [0.25, 0.3) is 5.91 Å². The largest absolute Gasteiger partial charge is 0.506 e. The van der Waals surface area contributed by atoms with Gasteiger partial charge in [-0.25, -0.2) is 0 Å². The summed E-state index contributed by atoms with van der Waals surface area (Å²) >= 11 is 6.13. The molecule has 0 saturated heterocycles. The lowest BCUT2D eigenvalue weighted by molar-refractivity contribution is -0.117. The van der Waals surface area contributed by atoms with E-state index in [9.17, 15) is 19.8 Å². The van der Waals surface area contributed by atoms with Crippen LogP contribution in [-0.2, 0) is 4.79 Å². The van der Waals surface area contributed by atoms with Crippen molar-refractivity contribution in [2.24, 2.45) is 0 Å². The zero-order valence-electron chi connectivity index (χ0n) is 17.7. The van der Waals surface area contributed by atoms with Crippen LogP contribution in [0.5, 0.6) is 11.5 Å². The number of carbonyl (C=O) groups excluding carboxylic acids is 2. The van der Waals surface area contributed by atoms with Crippen LogP contribution in [0.3, 0.4) is 0 Å². The predicted molar refractivity (Wildman–Crippen MR) is 124 cm³/mol. The van der Waals surface area contributed by atoms with Crippen molar-refractivity contribution in [1.82, 2.24) is 4.98 Å². The molecule has 0 bridgehead atoms. The highest BCUT2D eigenvalue weighted by Gasteiger charge is 2.46. The highest BCUT2D eigenvalue weighted by Crippen LogP contribution is 2.45. The number of nitrogens with zero attached hydrogens (tertiary/aromatic N) is 2. The summed E-state index contributed by atoms with van der Waals surface area (Å²) in [4.78, 5) is 32.0. The molecule has 1 aliphatic heterocycles. The van der Waals surface area contributed by atoms with Gasteiger partial charge >= 0.3 is 0 Å². The molecule has 8 nitrogen and oxygen atoms in total. The third-order valence-corrected chi connectivity index (χ3v) is 5.82. The number of aliphatic hydroxyl groups excluding tert-OH is 1. The SMILES string of the molecule is COc1cc(Cl)cc2cc(C(=O)C3=C(O)C(=O)N(c4ccccc4O)C3c3ccncc3)oc12. The van der Waals surface area contributed by atoms with E-state index in [0.29, 0.717) is 27.3 Å². The summed E-state index contributed by atoms with van der Waals surface area (Å²) in [5, 5.41) is 22.2. The van der Waals surface area contributed by atoms with Crippen LogP contribution in [0.15, 0.2) is 82.7 Å². The van der Waals surface area contributed by atoms with E-state index in [2.05, 4.69) is 4.98 Å². The number of phenols is 1. The fourth-order valence-electron chi connectivity index (χ4n) is 4.10. The minimum atomic E-state index is -1.03. The van der Waals surface area contributed by atoms with E-state index < -0.39 is 23.5 Å². The molecule has 5 rings (SSSR count). The van der Waals surface area contributed by atoms with Crippen molar-refractivity contribution >= 4 is 39.9 Å². The molecule has 0 fully saturated rings. The van der Waals surface area contributed by atoms with E-state index in [1.54, 1.807) is 36.4 Å². The van der Waals surface area contributed by atoms with E-state index in [1.165, 1.54) is 42.6 Å². The molecule has 4 aromatic rings. The Morgan fingerprint density at radius 2 is 1.85 bits per heavy atom. The lowest BCUT2D eigenvalue weighted by atomic mass is 9.95. The molecule has 34 heavy (non-hydrogen) atoms. The summed E-state index contributed by atoms with van der Waals surface area (Å²) in [6, 6.07) is 13.0. The summed E-state index contributed by atoms with van der Waals surface area (Å²) in [7, 11) is 1.45. The molecule has 2 N–H and O–H groups in total. The Kier molecular flexibility index (Phi) is 5.22. The van der Waals surface area contributed by atoms with E-state index in [1.807, 2.05) is 0 Å². The standard InChI is InChI=1S/C25H17ClN2O6/c1-33-19-12-15(26)10-14-11-18(34-24(14)19)22(30)20-21(13-6-8-27-9-7-13)28(25(32)23(20)31)16-4-2-3-5-17(16)29/h2-12,21,29,31H,1H3. The highest BCUT2D eigenvalue weighted by atomic mass is 35.5. The second-order valence-corrected chi connectivity index (χ2v) is 8.01. The number of amides is 1. The van der Waals surface area contributed by atoms with Crippen LogP contribution in [0.1, 0.15) is 22.2 Å². The van der Waals surface area contributed by atoms with E-state index in [-0.39, 0.29) is 22.8 Å². The number of methoxy groups -OCH3 is 1. The van der Waals surface area contributed by atoms with Crippen molar-refractivity contribution in [3.8, 4) is 11.5 Å². The van der Waals surface area contributed by atoms with Crippen LogP contribution in [0, 0.1) is 0 Å². The number of aliphatic hydroxyl groups is 1. The second kappa shape index (κ2) is 8.24. The Balaban J connectivity index is 1.68. The van der Waals surface area contributed by atoms with Crippen molar-refractivity contribution < 1.29 is 29.0 Å². The number of Topliss-reactive ketones (excluding diaryl/α,β-unsaturated/α-hetero) is 1. The molecule has 170 valence electrons. The number of benzene rings is 2. The number of rotatable bonds is 5. The van der Waals surface area contributed by atoms with Gasteiger partial charge in [0, 0.05) is 28.9 Å². The molecular weight excluding hydrogens is 460 g/mol. The molecule has 1 atom stereocenters. The van der Waals surface area contributed by atoms with Crippen LogP contribution in [-0.4, -0.2) is 34.0 Å². The van der Waals surface area contributed by atoms with Gasteiger partial charge in [-0.2, -0.15) is 0 Å². The van der Waals surface area contributed by atoms with Crippen LogP contribution >= 0.6 is 11.6 Å². The zero-order chi connectivity index (χ0) is 24.0. The minimum absolute atomic E-state index is 0.108. The number of para-hydroxylation sites is 2. The van der Waals surface area contributed by atoms with E-state index in [4.69, 9.17) is 20.8 Å². The van der Waals surface area contributed by atoms with E-state index >= 15 is 0 Å². The minimum Gasteiger partial charge on any atom is -0.506 e. The fraction of sp³-hybridized carbons (Fsp3) is 0.0800. The number of aromatic nitrogens is 1. The second-order valence-electron chi connectivity index (χ2n) is 7.58. The van der Waals surface area contributed by atoms with Gasteiger partial charge in [0.05, 0.1) is 24.4 Å². The molecule has 9 heteroatoms. The van der Waals surface area contributed by atoms with Gasteiger partial charge in [0.1, 0.15) is 5.75 Å². The topological polar surface area (TPSA) is 113 Å². The van der Waals surface area contributed by atoms with Crippen LogP contribution in [0.4, 0.5) is 5.69 Å². The van der Waals surface area contributed by atoms with Crippen molar-refractivity contribution in [3.05, 3.63) is 94.7 Å². The fourth-order valence-corrected chi connectivity index (χ4v) is 4.31. The first-order valence-corrected chi connectivity index (χ1v) is 10.5. The summed E-state index contributed by atoms with van der Waals surface area (Å²) in [5.74, 6) is -2.21. The summed E-state index contributed by atoms with van der Waals surface area (Å²) in [6.45, 7) is 0. The van der Waals surface area contributed by atoms with Gasteiger partial charge in [-0.15, -0.1) is 0 Å². The van der Waals surface area contributed by atoms with E-state index in [0.717, 1.165) is 0 Å². The summed E-state index contributed by atoms with van der Waals surface area (Å²) in [5.41, 5.74) is 0.763. The molecule has 1 amide bonds. The quantitative estimate of drug-likeness (QED) is 0.390. The normalized spacial score (nSPS) is 15.9. The average Bonchev–Trinajstić information content (AvgIpc) is 3.38. The number of carbonyl (C=O) groups is 2. The van der Waals surface area contributed by atoms with Crippen molar-refractivity contribution in [1.29, 1.82) is 0 Å². The number of phenolic OH excluding ortho intramolecular Hbond substituents is 1. The molecule has 0 spiro atoms. The van der Waals surface area contributed by atoms with Gasteiger partial charge in [0.2, 0.25) is 5.78 Å². The number of ether oxygens (including phenoxy) is 1. The molecule has 0 aliphatic carbocycles. The Labute approximate surface area is 198 Å². The molecule has 2 aromatic carbocycles. The maximum Gasteiger partial charge on any atom is 0.294 e. The molecule has 0 radical (unpaired) electrons. The smallest absolute Gasteiger partial charge is 0.294 e. The molecule has 1 aliphatic rings. The number of pyridine rings is 1. The lowest BCUT2D eigenvalue weighted by Gasteiger charge is -2.27. The summed E-state index contributed by atoms with van der Waals surface area (Å²) in [6.07, 6.45) is 3.02. The zero-order valence-corrected chi connectivity index (χ0v) is 18.5. The average molecular weight is 477 g/mol. The lowest BCUT2D eigenvalue weighted by Crippen LogP contribution is -2.31. The number of furan rings is 1. The van der Waals surface area contributed by atoms with Crippen molar-refractivity contribution in [2.45, 2.75) is 6.04 Å². The monoisotopic (exact) mass is 476 g/mol. The van der Waals surface area contributed by atoms with Gasteiger partial charge in [-0.1, -0.05) is 23.7 Å². The maximum absolute atomic E-state index is 13.7. The Morgan fingerprint density at radius 3 is 2.56 bits per heavy atom. The van der Waals surface area contributed by atoms with Crippen LogP contribution in [0.2, 0.25) is 5.02 Å². The Bertz CT molecular complexity index is 1480. The Morgan fingerprint density at radius 1 is 1.12 bits per heavy atom. The molecule has 2 aromatic heterocycles. The third kappa shape index (κ3) is 3.36. The number of hydrogen-bond donors (Lipinski definition) is 2. The van der Waals surface area contributed by atoms with Gasteiger partial charge in [-0.05, 0) is 42.0 Å². The highest BCUT2D eigenvalue weighted by molar-refractivity contribution is 6.31. The Hall–Kier alpha value is -4.30. The number of fused-ring (bicyclic) bond motifs is 1.